The van der Waals surface area contributed by atoms with Gasteiger partial charge in [0.1, 0.15) is 18.1 Å². The minimum absolute atomic E-state index is 0.162. The van der Waals surface area contributed by atoms with Gasteiger partial charge in [0.25, 0.3) is 0 Å². The van der Waals surface area contributed by atoms with Crippen LogP contribution < -0.4 is 15.6 Å². The number of hydrogen-bond donors (Lipinski definition) is 2. The summed E-state index contributed by atoms with van der Waals surface area (Å²) < 4.78 is 12.1. The van der Waals surface area contributed by atoms with Crippen molar-refractivity contribution in [2.75, 3.05) is 5.43 Å². The number of halogens is 1. The van der Waals surface area contributed by atoms with Crippen LogP contribution in [0.4, 0.5) is 5.95 Å². The van der Waals surface area contributed by atoms with Gasteiger partial charge >= 0.3 is 5.91 Å². The van der Waals surface area contributed by atoms with Gasteiger partial charge in [-0.1, -0.05) is 22.0 Å². The van der Waals surface area contributed by atoms with Crippen molar-refractivity contribution in [3.8, 4) is 5.75 Å². The highest BCUT2D eigenvalue weighted by molar-refractivity contribution is 9.10. The Morgan fingerprint density at radius 1 is 1.15 bits per heavy atom. The molecule has 0 bridgehead atoms. The fourth-order valence-electron chi connectivity index (χ4n) is 2.24. The zero-order valence-corrected chi connectivity index (χ0v) is 15.8. The van der Waals surface area contributed by atoms with Gasteiger partial charge in [-0.15, -0.1) is 0 Å². The van der Waals surface area contributed by atoms with Crippen molar-refractivity contribution in [1.82, 2.24) is 15.4 Å². The Morgan fingerprint density at radius 3 is 2.65 bits per heavy atom. The Morgan fingerprint density at radius 2 is 1.92 bits per heavy atom. The van der Waals surface area contributed by atoms with E-state index in [0.717, 1.165) is 15.9 Å². The Balaban J connectivity index is 1.55. The molecule has 0 spiro atoms. The van der Waals surface area contributed by atoms with Crippen LogP contribution in [0.1, 0.15) is 27.7 Å². The summed E-state index contributed by atoms with van der Waals surface area (Å²) in [7, 11) is 0. The molecule has 1 amide bonds. The summed E-state index contributed by atoms with van der Waals surface area (Å²) >= 11 is 3.38. The predicted octanol–water partition coefficient (Wildman–Crippen LogP) is 3.78. The lowest BCUT2D eigenvalue weighted by atomic mass is 10.3. The van der Waals surface area contributed by atoms with Crippen molar-refractivity contribution in [3.05, 3.63) is 69.8 Å². The summed E-state index contributed by atoms with van der Waals surface area (Å²) in [5.74, 6) is 1.30. The highest BCUT2D eigenvalue weighted by Crippen LogP contribution is 2.19. The topological polar surface area (TPSA) is 89.3 Å². The smallest absolute Gasteiger partial charge is 0.305 e. The number of aryl methyl sites for hydroxylation is 2. The van der Waals surface area contributed by atoms with E-state index in [1.165, 1.54) is 0 Å². The van der Waals surface area contributed by atoms with Crippen LogP contribution in [-0.2, 0) is 6.61 Å². The molecule has 0 aliphatic carbocycles. The van der Waals surface area contributed by atoms with E-state index in [0.29, 0.717) is 17.5 Å². The molecule has 0 unspecified atom stereocenters. The number of nitrogens with one attached hydrogen (secondary N) is 2. The van der Waals surface area contributed by atoms with Crippen molar-refractivity contribution >= 4 is 27.8 Å². The molecule has 0 atom stereocenters. The molecule has 26 heavy (non-hydrogen) atoms. The van der Waals surface area contributed by atoms with Gasteiger partial charge in [0, 0.05) is 15.9 Å². The Labute approximate surface area is 158 Å². The Bertz CT molecular complexity index is 906. The normalized spacial score (nSPS) is 10.4. The SMILES string of the molecule is Cc1cc(C)nc(NNC(=O)c2ccc(COc3cccc(Br)c3)o2)n1. The van der Waals surface area contributed by atoms with Crippen LogP contribution in [0.3, 0.4) is 0 Å². The lowest BCUT2D eigenvalue weighted by Gasteiger charge is -2.07. The van der Waals surface area contributed by atoms with Crippen LogP contribution >= 0.6 is 15.9 Å². The van der Waals surface area contributed by atoms with Gasteiger partial charge in [-0.2, -0.15) is 0 Å². The summed E-state index contributed by atoms with van der Waals surface area (Å²) in [6, 6.07) is 12.6. The van der Waals surface area contributed by atoms with Crippen molar-refractivity contribution in [2.24, 2.45) is 0 Å². The molecule has 0 saturated heterocycles. The van der Waals surface area contributed by atoms with Crippen LogP contribution in [0, 0.1) is 13.8 Å². The fraction of sp³-hybridized carbons (Fsp3) is 0.167. The molecule has 2 heterocycles. The number of amides is 1. The Hall–Kier alpha value is -2.87. The summed E-state index contributed by atoms with van der Waals surface area (Å²) in [5.41, 5.74) is 6.80. The first-order chi connectivity index (χ1) is 12.5. The first kappa shape index (κ1) is 17.9. The molecule has 8 heteroatoms. The van der Waals surface area contributed by atoms with Gasteiger partial charge in [-0.05, 0) is 50.2 Å². The van der Waals surface area contributed by atoms with Gasteiger partial charge < -0.3 is 9.15 Å². The second-order valence-corrected chi connectivity index (χ2v) is 6.48. The van der Waals surface area contributed by atoms with E-state index in [2.05, 4.69) is 36.7 Å². The van der Waals surface area contributed by atoms with Crippen molar-refractivity contribution in [1.29, 1.82) is 0 Å². The van der Waals surface area contributed by atoms with E-state index < -0.39 is 5.91 Å². The summed E-state index contributed by atoms with van der Waals surface area (Å²) in [6.07, 6.45) is 0. The number of rotatable bonds is 6. The number of hydrazine groups is 1. The minimum Gasteiger partial charge on any atom is -0.486 e. The van der Waals surface area contributed by atoms with E-state index in [-0.39, 0.29) is 12.4 Å². The van der Waals surface area contributed by atoms with Crippen LogP contribution in [0.5, 0.6) is 5.75 Å². The van der Waals surface area contributed by atoms with E-state index in [4.69, 9.17) is 9.15 Å². The van der Waals surface area contributed by atoms with Crippen molar-refractivity contribution in [3.63, 3.8) is 0 Å². The number of carbonyl (C=O) groups is 1. The van der Waals surface area contributed by atoms with Crippen molar-refractivity contribution < 1.29 is 13.9 Å². The average molecular weight is 417 g/mol. The molecule has 1 aromatic carbocycles. The molecule has 3 rings (SSSR count). The van der Waals surface area contributed by atoms with Gasteiger partial charge in [0.05, 0.1) is 0 Å². The highest BCUT2D eigenvalue weighted by atomic mass is 79.9. The molecular weight excluding hydrogens is 400 g/mol. The van der Waals surface area contributed by atoms with Crippen LogP contribution in [0.15, 0.2) is 51.4 Å². The number of hydrogen-bond acceptors (Lipinski definition) is 6. The van der Waals surface area contributed by atoms with Crippen LogP contribution in [-0.4, -0.2) is 15.9 Å². The molecule has 3 aromatic rings. The zero-order chi connectivity index (χ0) is 18.5. The standard InChI is InChI=1S/C18H17BrN4O3/c1-11-8-12(2)21-18(20-11)23-22-17(24)16-7-6-15(26-16)10-25-14-5-3-4-13(19)9-14/h3-9H,10H2,1-2H3,(H,22,24)(H,20,21,23). The third-order valence-corrected chi connectivity index (χ3v) is 3.83. The number of anilines is 1. The average Bonchev–Trinajstić information content (AvgIpc) is 3.06. The monoisotopic (exact) mass is 416 g/mol. The predicted molar refractivity (Wildman–Crippen MR) is 99.8 cm³/mol. The largest absolute Gasteiger partial charge is 0.486 e. The number of furan rings is 1. The second-order valence-electron chi connectivity index (χ2n) is 5.57. The number of nitrogens with zero attached hydrogens (tertiary/aromatic N) is 2. The minimum atomic E-state index is -0.429. The van der Waals surface area contributed by atoms with E-state index in [1.807, 2.05) is 44.2 Å². The molecule has 0 aliphatic rings. The first-order valence-corrected chi connectivity index (χ1v) is 8.64. The third kappa shape index (κ3) is 4.82. The maximum Gasteiger partial charge on any atom is 0.305 e. The molecule has 7 nitrogen and oxygen atoms in total. The fourth-order valence-corrected chi connectivity index (χ4v) is 2.62. The van der Waals surface area contributed by atoms with Gasteiger partial charge in [-0.25, -0.2) is 9.97 Å². The maximum absolute atomic E-state index is 12.2. The molecule has 0 radical (unpaired) electrons. The molecule has 134 valence electrons. The van der Waals surface area contributed by atoms with Gasteiger partial charge in [0.2, 0.25) is 5.95 Å². The Kier molecular flexibility index (Phi) is 5.52. The zero-order valence-electron chi connectivity index (χ0n) is 14.2. The summed E-state index contributed by atoms with van der Waals surface area (Å²) in [6.45, 7) is 3.93. The van der Waals surface area contributed by atoms with E-state index in [9.17, 15) is 4.79 Å². The van der Waals surface area contributed by atoms with Gasteiger partial charge in [-0.3, -0.25) is 15.6 Å². The molecule has 2 aromatic heterocycles. The molecule has 0 fully saturated rings. The lowest BCUT2D eigenvalue weighted by Crippen LogP contribution is -2.30. The first-order valence-electron chi connectivity index (χ1n) is 7.85. The highest BCUT2D eigenvalue weighted by Gasteiger charge is 2.12. The number of ether oxygens (including phenoxy) is 1. The quantitative estimate of drug-likeness (QED) is 0.594. The van der Waals surface area contributed by atoms with E-state index in [1.54, 1.807) is 12.1 Å². The lowest BCUT2D eigenvalue weighted by molar-refractivity contribution is 0.0930. The van der Waals surface area contributed by atoms with Crippen LogP contribution in [0.25, 0.3) is 0 Å². The maximum atomic E-state index is 12.2. The number of aromatic nitrogens is 2. The molecule has 0 saturated carbocycles. The summed E-state index contributed by atoms with van der Waals surface area (Å²) in [5, 5.41) is 0. The second kappa shape index (κ2) is 8.01. The van der Waals surface area contributed by atoms with Crippen molar-refractivity contribution in [2.45, 2.75) is 20.5 Å². The van der Waals surface area contributed by atoms with Gasteiger partial charge in [0.15, 0.2) is 5.76 Å². The third-order valence-electron chi connectivity index (χ3n) is 3.33. The molecular formula is C18H17BrN4O3. The van der Waals surface area contributed by atoms with E-state index >= 15 is 0 Å². The molecule has 0 aliphatic heterocycles. The van der Waals surface area contributed by atoms with Crippen LogP contribution in [0.2, 0.25) is 0 Å². The number of carbonyl (C=O) groups excluding carboxylic acids is 1. The summed E-state index contributed by atoms with van der Waals surface area (Å²) in [4.78, 5) is 20.5. The number of benzene rings is 1. The molecule has 2 N–H and O–H groups in total.